The normalized spacial score (nSPS) is 22.7. The van der Waals surface area contributed by atoms with Crippen LogP contribution >= 0.6 is 11.6 Å². The van der Waals surface area contributed by atoms with Crippen LogP contribution in [0.25, 0.3) is 10.8 Å². The second-order valence-corrected chi connectivity index (χ2v) is 10.7. The zero-order chi connectivity index (χ0) is 21.6. The van der Waals surface area contributed by atoms with Crippen molar-refractivity contribution in [2.75, 3.05) is 11.9 Å². The Hall–Kier alpha value is -2.34. The van der Waals surface area contributed by atoms with Gasteiger partial charge in [0.25, 0.3) is 0 Å². The van der Waals surface area contributed by atoms with Gasteiger partial charge in [-0.1, -0.05) is 60.2 Å². The van der Waals surface area contributed by atoms with Crippen molar-refractivity contribution in [2.45, 2.75) is 42.0 Å². The molecule has 1 aliphatic heterocycles. The summed E-state index contributed by atoms with van der Waals surface area (Å²) in [5.74, 6) is 0. The van der Waals surface area contributed by atoms with Crippen molar-refractivity contribution in [1.82, 2.24) is 4.72 Å². The molecule has 160 valence electrons. The summed E-state index contributed by atoms with van der Waals surface area (Å²) in [6, 6.07) is 19.2. The molecule has 1 heterocycles. The highest BCUT2D eigenvalue weighted by Gasteiger charge is 2.50. The molecule has 1 aliphatic carbocycles. The summed E-state index contributed by atoms with van der Waals surface area (Å²) < 4.78 is 28.4. The Bertz CT molecular complexity index is 1270. The summed E-state index contributed by atoms with van der Waals surface area (Å²) in [6.07, 6.45) is 3.78. The molecule has 1 fully saturated rings. The van der Waals surface area contributed by atoms with Gasteiger partial charge in [0.05, 0.1) is 4.90 Å². The lowest BCUT2D eigenvalue weighted by Crippen LogP contribution is -2.45. The zero-order valence-electron chi connectivity index (χ0n) is 17.2. The SMILES string of the molecule is C=C1CCCC2Nc3c(ccc4ccccc34)C12CCNS(=O)(=O)c1ccc(Cl)cc1. The largest absolute Gasteiger partial charge is 0.380 e. The van der Waals surface area contributed by atoms with Crippen LogP contribution in [0.1, 0.15) is 31.2 Å². The fourth-order valence-corrected chi connectivity index (χ4v) is 6.51. The molecule has 3 aromatic carbocycles. The highest BCUT2D eigenvalue weighted by molar-refractivity contribution is 7.89. The lowest BCUT2D eigenvalue weighted by atomic mass is 9.63. The molecule has 2 N–H and O–H groups in total. The third-order valence-electron chi connectivity index (χ3n) is 6.86. The van der Waals surface area contributed by atoms with E-state index in [1.165, 1.54) is 39.7 Å². The van der Waals surface area contributed by atoms with Crippen LogP contribution in [0, 0.1) is 0 Å². The number of rotatable bonds is 5. The molecule has 0 spiro atoms. The zero-order valence-corrected chi connectivity index (χ0v) is 18.8. The van der Waals surface area contributed by atoms with Gasteiger partial charge >= 0.3 is 0 Å². The monoisotopic (exact) mass is 452 g/mol. The second kappa shape index (κ2) is 7.66. The van der Waals surface area contributed by atoms with Gasteiger partial charge < -0.3 is 5.32 Å². The van der Waals surface area contributed by atoms with Gasteiger partial charge in [0.2, 0.25) is 10.0 Å². The molecule has 0 amide bonds. The maximum Gasteiger partial charge on any atom is 0.240 e. The maximum absolute atomic E-state index is 12.8. The minimum absolute atomic E-state index is 0.226. The van der Waals surface area contributed by atoms with E-state index in [2.05, 4.69) is 53.0 Å². The van der Waals surface area contributed by atoms with Gasteiger partial charge in [0.15, 0.2) is 0 Å². The van der Waals surface area contributed by atoms with E-state index in [9.17, 15) is 8.42 Å². The summed E-state index contributed by atoms with van der Waals surface area (Å²) in [5.41, 5.74) is 3.34. The first-order chi connectivity index (χ1) is 14.9. The van der Waals surface area contributed by atoms with Gasteiger partial charge in [0.1, 0.15) is 0 Å². The lowest BCUT2D eigenvalue weighted by molar-refractivity contribution is 0.344. The standard InChI is InChI=1S/C25H25ClN2O2S/c1-17-5-4-8-23-25(17,15-16-27-31(29,30)20-12-10-19(26)11-13-20)22-14-9-18-6-2-3-7-21(18)24(22)28-23/h2-3,6-7,9-14,23,27-28H,1,4-5,8,15-16H2. The molecule has 0 radical (unpaired) electrons. The highest BCUT2D eigenvalue weighted by Crippen LogP contribution is 2.54. The molecular weight excluding hydrogens is 428 g/mol. The van der Waals surface area contributed by atoms with Crippen molar-refractivity contribution in [1.29, 1.82) is 0 Å². The molecule has 1 saturated carbocycles. The van der Waals surface area contributed by atoms with Gasteiger partial charge in [-0.2, -0.15) is 0 Å². The number of nitrogens with one attached hydrogen (secondary N) is 2. The molecule has 4 nitrogen and oxygen atoms in total. The van der Waals surface area contributed by atoms with Gasteiger partial charge in [-0.25, -0.2) is 13.1 Å². The number of sulfonamides is 1. The lowest BCUT2D eigenvalue weighted by Gasteiger charge is -2.42. The van der Waals surface area contributed by atoms with Crippen LogP contribution in [0.15, 0.2) is 77.7 Å². The smallest absolute Gasteiger partial charge is 0.240 e. The number of fused-ring (bicyclic) bond motifs is 5. The molecular formula is C25H25ClN2O2S. The highest BCUT2D eigenvalue weighted by atomic mass is 35.5. The van der Waals surface area contributed by atoms with Crippen LogP contribution in [-0.2, 0) is 15.4 Å². The van der Waals surface area contributed by atoms with Crippen molar-refractivity contribution in [3.63, 3.8) is 0 Å². The first-order valence-electron chi connectivity index (χ1n) is 10.6. The Morgan fingerprint density at radius 1 is 1.10 bits per heavy atom. The van der Waals surface area contributed by atoms with Crippen LogP contribution in [0.2, 0.25) is 5.02 Å². The molecule has 0 saturated heterocycles. The number of halogens is 1. The third kappa shape index (κ3) is 3.36. The van der Waals surface area contributed by atoms with E-state index in [0.29, 0.717) is 18.0 Å². The second-order valence-electron chi connectivity index (χ2n) is 8.48. The van der Waals surface area contributed by atoms with Crippen molar-refractivity contribution in [2.24, 2.45) is 0 Å². The molecule has 0 bridgehead atoms. The van der Waals surface area contributed by atoms with Crippen LogP contribution in [0.3, 0.4) is 0 Å². The molecule has 5 rings (SSSR count). The fourth-order valence-electron chi connectivity index (χ4n) is 5.35. The Labute approximate surface area is 188 Å². The van der Waals surface area contributed by atoms with Crippen molar-refractivity contribution >= 4 is 38.1 Å². The Morgan fingerprint density at radius 3 is 2.68 bits per heavy atom. The third-order valence-corrected chi connectivity index (χ3v) is 8.59. The Kier molecular flexibility index (Phi) is 5.08. The molecule has 2 atom stereocenters. The summed E-state index contributed by atoms with van der Waals surface area (Å²) in [6.45, 7) is 4.80. The van der Waals surface area contributed by atoms with E-state index >= 15 is 0 Å². The minimum atomic E-state index is -3.60. The Morgan fingerprint density at radius 2 is 1.87 bits per heavy atom. The summed E-state index contributed by atoms with van der Waals surface area (Å²) in [7, 11) is -3.60. The number of benzene rings is 3. The summed E-state index contributed by atoms with van der Waals surface area (Å²) >= 11 is 5.90. The van der Waals surface area contributed by atoms with Crippen LogP contribution in [-0.4, -0.2) is 21.0 Å². The quantitative estimate of drug-likeness (QED) is 0.493. The maximum atomic E-state index is 12.8. The molecule has 0 aromatic heterocycles. The van der Waals surface area contributed by atoms with E-state index in [1.807, 2.05) is 0 Å². The van der Waals surface area contributed by atoms with E-state index in [4.69, 9.17) is 11.6 Å². The van der Waals surface area contributed by atoms with Crippen molar-refractivity contribution in [3.05, 3.63) is 83.4 Å². The molecule has 31 heavy (non-hydrogen) atoms. The van der Waals surface area contributed by atoms with Crippen LogP contribution in [0.5, 0.6) is 0 Å². The predicted molar refractivity (Wildman–Crippen MR) is 127 cm³/mol. The van der Waals surface area contributed by atoms with Gasteiger partial charge in [-0.3, -0.25) is 0 Å². The topological polar surface area (TPSA) is 58.2 Å². The fraction of sp³-hybridized carbons (Fsp3) is 0.280. The van der Waals surface area contributed by atoms with E-state index < -0.39 is 10.0 Å². The average molecular weight is 453 g/mol. The van der Waals surface area contributed by atoms with Crippen molar-refractivity contribution in [3.8, 4) is 0 Å². The van der Waals surface area contributed by atoms with E-state index in [-0.39, 0.29) is 16.4 Å². The number of hydrogen-bond donors (Lipinski definition) is 2. The molecule has 2 unspecified atom stereocenters. The van der Waals surface area contributed by atoms with Crippen LogP contribution in [0.4, 0.5) is 5.69 Å². The first-order valence-corrected chi connectivity index (χ1v) is 12.5. The van der Waals surface area contributed by atoms with E-state index in [1.54, 1.807) is 12.1 Å². The number of hydrogen-bond acceptors (Lipinski definition) is 3. The number of anilines is 1. The van der Waals surface area contributed by atoms with Crippen LogP contribution < -0.4 is 10.0 Å². The van der Waals surface area contributed by atoms with Crippen molar-refractivity contribution < 1.29 is 8.42 Å². The molecule has 3 aromatic rings. The summed E-state index contributed by atoms with van der Waals surface area (Å²) in [5, 5.41) is 6.71. The summed E-state index contributed by atoms with van der Waals surface area (Å²) in [4.78, 5) is 0.226. The minimum Gasteiger partial charge on any atom is -0.380 e. The predicted octanol–water partition coefficient (Wildman–Crippen LogP) is 5.63. The van der Waals surface area contributed by atoms with Gasteiger partial charge in [0, 0.05) is 34.1 Å². The van der Waals surface area contributed by atoms with Gasteiger partial charge in [-0.05, 0) is 60.9 Å². The average Bonchev–Trinajstić information content (AvgIpc) is 3.10. The molecule has 6 heteroatoms. The Balaban J connectivity index is 1.47. The first kappa shape index (κ1) is 20.6. The van der Waals surface area contributed by atoms with Gasteiger partial charge in [-0.15, -0.1) is 0 Å². The molecule has 2 aliphatic rings. The van der Waals surface area contributed by atoms with E-state index in [0.717, 1.165) is 19.3 Å².